The summed E-state index contributed by atoms with van der Waals surface area (Å²) in [6, 6.07) is 8.02. The number of hydrogen-bond donors (Lipinski definition) is 0. The highest BCUT2D eigenvalue weighted by Gasteiger charge is 2.20. The van der Waals surface area contributed by atoms with Crippen LogP contribution in [0.3, 0.4) is 0 Å². The van der Waals surface area contributed by atoms with Gasteiger partial charge < -0.3 is 4.74 Å². The van der Waals surface area contributed by atoms with Crippen LogP contribution in [0.15, 0.2) is 34.2 Å². The van der Waals surface area contributed by atoms with Gasteiger partial charge in [0.05, 0.1) is 6.61 Å². The maximum atomic E-state index is 12.8. The number of thioether (sulfide) groups is 1. The van der Waals surface area contributed by atoms with Gasteiger partial charge in [0.2, 0.25) is 0 Å². The molecule has 1 aromatic carbocycles. The molecule has 0 bridgehead atoms. The van der Waals surface area contributed by atoms with Crippen LogP contribution >= 0.6 is 11.8 Å². The van der Waals surface area contributed by atoms with Gasteiger partial charge in [0.25, 0.3) is 5.56 Å². The zero-order valence-corrected chi connectivity index (χ0v) is 16.1. The maximum absolute atomic E-state index is 12.8. The summed E-state index contributed by atoms with van der Waals surface area (Å²) >= 11 is 1.24. The molecule has 0 saturated heterocycles. The van der Waals surface area contributed by atoms with E-state index in [1.807, 2.05) is 38.1 Å². The Morgan fingerprint density at radius 1 is 1.32 bits per heavy atom. The van der Waals surface area contributed by atoms with Crippen molar-refractivity contribution in [3.8, 4) is 0 Å². The summed E-state index contributed by atoms with van der Waals surface area (Å²) in [5.74, 6) is -0.302. The summed E-state index contributed by atoms with van der Waals surface area (Å²) in [7, 11) is 1.69. The second kappa shape index (κ2) is 8.34. The molecule has 2 rings (SSSR count). The van der Waals surface area contributed by atoms with Crippen LogP contribution in [-0.4, -0.2) is 27.4 Å². The lowest BCUT2D eigenvalue weighted by atomic mass is 10.0. The summed E-state index contributed by atoms with van der Waals surface area (Å²) in [5.41, 5.74) is 3.58. The molecule has 0 aliphatic heterocycles. The number of aryl methyl sites for hydroxylation is 2. The quantitative estimate of drug-likeness (QED) is 0.450. The molecular formula is C19H24N2O3S. The van der Waals surface area contributed by atoms with Crippen LogP contribution in [0.5, 0.6) is 0 Å². The monoisotopic (exact) mass is 360 g/mol. The van der Waals surface area contributed by atoms with Gasteiger partial charge in [-0.3, -0.25) is 14.2 Å². The molecule has 0 N–H and O–H groups in total. The van der Waals surface area contributed by atoms with Crippen LogP contribution in [0.1, 0.15) is 36.2 Å². The van der Waals surface area contributed by atoms with E-state index in [-0.39, 0.29) is 11.5 Å². The summed E-state index contributed by atoms with van der Waals surface area (Å²) < 4.78 is 6.53. The minimum absolute atomic E-state index is 0.0747. The van der Waals surface area contributed by atoms with Gasteiger partial charge in [-0.1, -0.05) is 36.0 Å². The fourth-order valence-corrected chi connectivity index (χ4v) is 3.41. The first-order chi connectivity index (χ1) is 11.8. The predicted molar refractivity (Wildman–Crippen MR) is 100 cm³/mol. The van der Waals surface area contributed by atoms with Crippen molar-refractivity contribution in [1.29, 1.82) is 0 Å². The Hall–Kier alpha value is -2.08. The third-order valence-electron chi connectivity index (χ3n) is 4.08. The molecule has 0 radical (unpaired) electrons. The molecule has 1 unspecified atom stereocenters. The number of hydrogen-bond acceptors (Lipinski definition) is 5. The second-order valence-electron chi connectivity index (χ2n) is 5.94. The van der Waals surface area contributed by atoms with Gasteiger partial charge in [0, 0.05) is 24.7 Å². The average molecular weight is 360 g/mol. The molecule has 0 aliphatic carbocycles. The molecule has 134 valence electrons. The third-order valence-corrected chi connectivity index (χ3v) is 5.20. The van der Waals surface area contributed by atoms with Gasteiger partial charge in [0.15, 0.2) is 5.16 Å². The van der Waals surface area contributed by atoms with Gasteiger partial charge in [-0.15, -0.1) is 0 Å². The van der Waals surface area contributed by atoms with Crippen molar-refractivity contribution in [2.24, 2.45) is 7.05 Å². The minimum atomic E-state index is -0.417. The van der Waals surface area contributed by atoms with Crippen LogP contribution in [0, 0.1) is 13.8 Å². The molecule has 0 aliphatic rings. The van der Waals surface area contributed by atoms with Crippen LogP contribution in [-0.2, 0) is 23.0 Å². The Morgan fingerprint density at radius 3 is 2.64 bits per heavy atom. The van der Waals surface area contributed by atoms with E-state index in [4.69, 9.17) is 4.74 Å². The highest BCUT2D eigenvalue weighted by molar-refractivity contribution is 8.00. The van der Waals surface area contributed by atoms with Crippen molar-refractivity contribution in [1.82, 2.24) is 9.55 Å². The van der Waals surface area contributed by atoms with Crippen LogP contribution < -0.4 is 5.56 Å². The van der Waals surface area contributed by atoms with Gasteiger partial charge in [-0.25, -0.2) is 4.98 Å². The Bertz CT molecular complexity index is 830. The zero-order valence-electron chi connectivity index (χ0n) is 15.3. The van der Waals surface area contributed by atoms with Gasteiger partial charge in [-0.2, -0.15) is 0 Å². The molecule has 0 amide bonds. The smallest absolute Gasteiger partial charge is 0.319 e. The van der Waals surface area contributed by atoms with Crippen LogP contribution in [0.4, 0.5) is 0 Å². The van der Waals surface area contributed by atoms with E-state index in [0.29, 0.717) is 29.4 Å². The van der Waals surface area contributed by atoms with Gasteiger partial charge in [0.1, 0.15) is 5.25 Å². The van der Waals surface area contributed by atoms with Crippen LogP contribution in [0.25, 0.3) is 0 Å². The minimum Gasteiger partial charge on any atom is -0.465 e. The van der Waals surface area contributed by atoms with Crippen molar-refractivity contribution >= 4 is 17.7 Å². The third kappa shape index (κ3) is 4.51. The fraction of sp³-hybridized carbons (Fsp3) is 0.421. The first-order valence-electron chi connectivity index (χ1n) is 8.29. The first-order valence-corrected chi connectivity index (χ1v) is 9.17. The Morgan fingerprint density at radius 2 is 2.00 bits per heavy atom. The molecular weight excluding hydrogens is 336 g/mol. The zero-order chi connectivity index (χ0) is 18.6. The maximum Gasteiger partial charge on any atom is 0.319 e. The number of esters is 1. The summed E-state index contributed by atoms with van der Waals surface area (Å²) in [6.45, 7) is 7.74. The number of carbonyl (C=O) groups excluding carboxylic acids is 1. The Kier molecular flexibility index (Phi) is 6.42. The Labute approximate surface area is 152 Å². The van der Waals surface area contributed by atoms with Crippen molar-refractivity contribution in [2.75, 3.05) is 6.61 Å². The lowest BCUT2D eigenvalue weighted by Gasteiger charge is -2.15. The number of rotatable bonds is 6. The van der Waals surface area contributed by atoms with Crippen LogP contribution in [0.2, 0.25) is 0 Å². The van der Waals surface area contributed by atoms with Gasteiger partial charge in [-0.05, 0) is 38.8 Å². The molecule has 1 atom stereocenters. The van der Waals surface area contributed by atoms with E-state index in [9.17, 15) is 9.59 Å². The number of aromatic nitrogens is 2. The highest BCUT2D eigenvalue weighted by Crippen LogP contribution is 2.22. The highest BCUT2D eigenvalue weighted by atomic mass is 32.2. The summed E-state index contributed by atoms with van der Waals surface area (Å²) in [4.78, 5) is 29.2. The second-order valence-corrected chi connectivity index (χ2v) is 7.25. The molecule has 1 heterocycles. The first kappa shape index (κ1) is 19.2. The molecule has 0 spiro atoms. The lowest BCUT2D eigenvalue weighted by molar-refractivity contribution is -0.142. The number of ether oxygens (including phenoxy) is 1. The van der Waals surface area contributed by atoms with E-state index < -0.39 is 5.25 Å². The standard InChI is InChI=1S/C19H24N2O3S/c1-6-24-18(23)14(4)25-19-20-13(3)16(17(22)21(19)5)11-15-10-8-7-9-12(15)2/h7-10,14H,6,11H2,1-5H3. The van der Waals surface area contributed by atoms with E-state index in [0.717, 1.165) is 11.1 Å². The molecule has 0 fully saturated rings. The number of benzene rings is 1. The molecule has 2 aromatic rings. The predicted octanol–water partition coefficient (Wildman–Crippen LogP) is 3.03. The topological polar surface area (TPSA) is 61.2 Å². The average Bonchev–Trinajstić information content (AvgIpc) is 2.58. The molecule has 6 heteroatoms. The van der Waals surface area contributed by atoms with Crippen molar-refractivity contribution in [3.05, 3.63) is 57.0 Å². The summed E-state index contributed by atoms with van der Waals surface area (Å²) in [5, 5.41) is 0.108. The number of carbonyl (C=O) groups is 1. The molecule has 5 nitrogen and oxygen atoms in total. The van der Waals surface area contributed by atoms with Crippen molar-refractivity contribution in [2.45, 2.75) is 44.5 Å². The van der Waals surface area contributed by atoms with E-state index in [1.54, 1.807) is 20.9 Å². The molecule has 25 heavy (non-hydrogen) atoms. The van der Waals surface area contributed by atoms with Gasteiger partial charge >= 0.3 is 5.97 Å². The Balaban J connectivity index is 2.32. The summed E-state index contributed by atoms with van der Waals surface area (Å²) in [6.07, 6.45) is 0.552. The van der Waals surface area contributed by atoms with Crippen molar-refractivity contribution < 1.29 is 9.53 Å². The van der Waals surface area contributed by atoms with Crippen molar-refractivity contribution in [3.63, 3.8) is 0 Å². The van der Waals surface area contributed by atoms with E-state index >= 15 is 0 Å². The normalized spacial score (nSPS) is 12.0. The fourth-order valence-electron chi connectivity index (χ4n) is 2.50. The molecule has 1 aromatic heterocycles. The largest absolute Gasteiger partial charge is 0.465 e. The van der Waals surface area contributed by atoms with E-state index in [1.165, 1.54) is 16.3 Å². The SMILES string of the molecule is CCOC(=O)C(C)Sc1nc(C)c(Cc2ccccc2C)c(=O)n1C. The molecule has 0 saturated carbocycles. The lowest BCUT2D eigenvalue weighted by Crippen LogP contribution is -2.27. The van der Waals surface area contributed by atoms with E-state index in [2.05, 4.69) is 4.98 Å². The number of nitrogens with zero attached hydrogens (tertiary/aromatic N) is 2.